The highest BCUT2D eigenvalue weighted by molar-refractivity contribution is 7.89. The fourth-order valence-corrected chi connectivity index (χ4v) is 3.64. The van der Waals surface area contributed by atoms with Crippen molar-refractivity contribution in [3.8, 4) is 11.5 Å². The number of aliphatic carboxylic acids is 1. The summed E-state index contributed by atoms with van der Waals surface area (Å²) in [5.41, 5.74) is 0. The molecule has 0 aromatic heterocycles. The predicted molar refractivity (Wildman–Crippen MR) is 78.7 cm³/mol. The van der Waals surface area contributed by atoms with E-state index in [-0.39, 0.29) is 11.4 Å². The molecule has 0 atom stereocenters. The minimum Gasteiger partial charge on any atom is -0.490 e. The number of hydrogen-bond donors (Lipinski definition) is 1. The van der Waals surface area contributed by atoms with E-state index in [0.717, 1.165) is 10.7 Å². The van der Waals surface area contributed by atoms with Crippen LogP contribution in [0.2, 0.25) is 0 Å². The summed E-state index contributed by atoms with van der Waals surface area (Å²) < 4.78 is 37.1. The zero-order valence-electron chi connectivity index (χ0n) is 12.3. The van der Waals surface area contributed by atoms with E-state index in [2.05, 4.69) is 0 Å². The number of sulfonamides is 1. The van der Waals surface area contributed by atoms with Crippen molar-refractivity contribution in [2.24, 2.45) is 0 Å². The highest BCUT2D eigenvalue weighted by atomic mass is 32.2. The Morgan fingerprint density at radius 1 is 1.27 bits per heavy atom. The standard InChI is InChI=1S/C14H19NO6S/c1-2-6-15(10-14(16)17)22(18,19)11-4-5-12-13(9-11)21-8-3-7-20-12/h4-5,9H,2-3,6-8,10H2,1H3,(H,16,17). The van der Waals surface area contributed by atoms with Crippen LogP contribution < -0.4 is 9.47 Å². The van der Waals surface area contributed by atoms with Crippen LogP contribution in [0, 0.1) is 0 Å². The number of fused-ring (bicyclic) bond motifs is 1. The Morgan fingerprint density at radius 3 is 2.59 bits per heavy atom. The van der Waals surface area contributed by atoms with Crippen LogP contribution >= 0.6 is 0 Å². The highest BCUT2D eigenvalue weighted by Crippen LogP contribution is 2.32. The molecule has 0 spiro atoms. The van der Waals surface area contributed by atoms with Crippen LogP contribution in [-0.4, -0.2) is 50.1 Å². The molecule has 8 heteroatoms. The van der Waals surface area contributed by atoms with Gasteiger partial charge < -0.3 is 14.6 Å². The molecule has 1 aliphatic heterocycles. The van der Waals surface area contributed by atoms with E-state index in [0.29, 0.717) is 31.1 Å². The third kappa shape index (κ3) is 3.69. The van der Waals surface area contributed by atoms with E-state index in [1.807, 2.05) is 0 Å². The van der Waals surface area contributed by atoms with Crippen molar-refractivity contribution in [1.29, 1.82) is 0 Å². The van der Waals surface area contributed by atoms with E-state index < -0.39 is 22.5 Å². The lowest BCUT2D eigenvalue weighted by Crippen LogP contribution is -2.36. The van der Waals surface area contributed by atoms with Gasteiger partial charge in [-0.05, 0) is 18.6 Å². The molecule has 0 aliphatic carbocycles. The van der Waals surface area contributed by atoms with Crippen LogP contribution in [-0.2, 0) is 14.8 Å². The normalized spacial score (nSPS) is 14.6. The second-order valence-corrected chi connectivity index (χ2v) is 6.83. The quantitative estimate of drug-likeness (QED) is 0.846. The fraction of sp³-hybridized carbons (Fsp3) is 0.500. The van der Waals surface area contributed by atoms with Gasteiger partial charge in [0.15, 0.2) is 11.5 Å². The van der Waals surface area contributed by atoms with Gasteiger partial charge in [-0.3, -0.25) is 4.79 Å². The van der Waals surface area contributed by atoms with Crippen molar-refractivity contribution in [2.45, 2.75) is 24.7 Å². The molecule has 1 N–H and O–H groups in total. The largest absolute Gasteiger partial charge is 0.490 e. The van der Waals surface area contributed by atoms with Crippen LogP contribution in [0.15, 0.2) is 23.1 Å². The molecule has 7 nitrogen and oxygen atoms in total. The van der Waals surface area contributed by atoms with Crippen LogP contribution in [0.25, 0.3) is 0 Å². The van der Waals surface area contributed by atoms with Gasteiger partial charge in [0.05, 0.1) is 18.1 Å². The second kappa shape index (κ2) is 6.97. The summed E-state index contributed by atoms with van der Waals surface area (Å²) in [5, 5.41) is 8.90. The molecule has 2 rings (SSSR count). The summed E-state index contributed by atoms with van der Waals surface area (Å²) in [4.78, 5) is 10.9. The predicted octanol–water partition coefficient (Wildman–Crippen LogP) is 1.33. The number of benzene rings is 1. The summed E-state index contributed by atoms with van der Waals surface area (Å²) in [6.07, 6.45) is 1.24. The lowest BCUT2D eigenvalue weighted by atomic mass is 10.3. The van der Waals surface area contributed by atoms with Gasteiger partial charge >= 0.3 is 5.97 Å². The van der Waals surface area contributed by atoms with E-state index in [9.17, 15) is 13.2 Å². The molecule has 122 valence electrons. The molecule has 0 amide bonds. The van der Waals surface area contributed by atoms with Gasteiger partial charge in [0.2, 0.25) is 10.0 Å². The molecule has 1 aliphatic rings. The van der Waals surface area contributed by atoms with Crippen molar-refractivity contribution in [3.05, 3.63) is 18.2 Å². The third-order valence-electron chi connectivity index (χ3n) is 3.14. The van der Waals surface area contributed by atoms with Crippen molar-refractivity contribution in [2.75, 3.05) is 26.3 Å². The maximum Gasteiger partial charge on any atom is 0.318 e. The summed E-state index contributed by atoms with van der Waals surface area (Å²) in [7, 11) is -3.89. The van der Waals surface area contributed by atoms with Gasteiger partial charge in [-0.1, -0.05) is 6.92 Å². The maximum atomic E-state index is 12.6. The number of rotatable bonds is 6. The van der Waals surface area contributed by atoms with Gasteiger partial charge in [0.1, 0.15) is 6.54 Å². The minimum absolute atomic E-state index is 0.00597. The smallest absolute Gasteiger partial charge is 0.318 e. The van der Waals surface area contributed by atoms with Crippen LogP contribution in [0.5, 0.6) is 11.5 Å². The van der Waals surface area contributed by atoms with E-state index in [1.54, 1.807) is 13.0 Å². The Kier molecular flexibility index (Phi) is 5.25. The van der Waals surface area contributed by atoms with Gasteiger partial charge in [0.25, 0.3) is 0 Å². The molecule has 0 fully saturated rings. The molecule has 0 saturated carbocycles. The maximum absolute atomic E-state index is 12.6. The lowest BCUT2D eigenvalue weighted by Gasteiger charge is -2.20. The topological polar surface area (TPSA) is 93.1 Å². The Labute approximate surface area is 129 Å². The zero-order valence-corrected chi connectivity index (χ0v) is 13.1. The van der Waals surface area contributed by atoms with E-state index >= 15 is 0 Å². The van der Waals surface area contributed by atoms with Crippen LogP contribution in [0.4, 0.5) is 0 Å². The highest BCUT2D eigenvalue weighted by Gasteiger charge is 2.27. The Balaban J connectivity index is 2.35. The van der Waals surface area contributed by atoms with Gasteiger partial charge in [0, 0.05) is 19.0 Å². The number of ether oxygens (including phenoxy) is 2. The minimum atomic E-state index is -3.89. The summed E-state index contributed by atoms with van der Waals surface area (Å²) in [6.45, 7) is 2.33. The molecule has 1 aromatic rings. The number of nitrogens with zero attached hydrogens (tertiary/aromatic N) is 1. The zero-order chi connectivity index (χ0) is 16.2. The van der Waals surface area contributed by atoms with Gasteiger partial charge in [-0.2, -0.15) is 4.31 Å². The molecule has 0 radical (unpaired) electrons. The number of carboxylic acid groups (broad SMARTS) is 1. The Hall–Kier alpha value is -1.80. The van der Waals surface area contributed by atoms with E-state index in [4.69, 9.17) is 14.6 Å². The molecule has 1 aromatic carbocycles. The first kappa shape index (κ1) is 16.6. The average Bonchev–Trinajstić information content (AvgIpc) is 2.70. The summed E-state index contributed by atoms with van der Waals surface area (Å²) in [5.74, 6) is -0.326. The van der Waals surface area contributed by atoms with Gasteiger partial charge in [-0.25, -0.2) is 8.42 Å². The second-order valence-electron chi connectivity index (χ2n) is 4.89. The number of carbonyl (C=O) groups is 1. The summed E-state index contributed by atoms with van der Waals surface area (Å²) in [6, 6.07) is 4.34. The molecular formula is C14H19NO6S. The molecule has 1 heterocycles. The average molecular weight is 329 g/mol. The Bertz CT molecular complexity index is 643. The van der Waals surface area contributed by atoms with Gasteiger partial charge in [-0.15, -0.1) is 0 Å². The number of carboxylic acids is 1. The monoisotopic (exact) mass is 329 g/mol. The van der Waals surface area contributed by atoms with E-state index in [1.165, 1.54) is 12.1 Å². The van der Waals surface area contributed by atoms with Crippen molar-refractivity contribution in [3.63, 3.8) is 0 Å². The van der Waals surface area contributed by atoms with Crippen LogP contribution in [0.1, 0.15) is 19.8 Å². The molecule has 0 unspecified atom stereocenters. The Morgan fingerprint density at radius 2 is 1.95 bits per heavy atom. The molecule has 0 bridgehead atoms. The number of hydrogen-bond acceptors (Lipinski definition) is 5. The van der Waals surface area contributed by atoms with Crippen molar-refractivity contribution < 1.29 is 27.8 Å². The lowest BCUT2D eigenvalue weighted by molar-refractivity contribution is -0.137. The summed E-state index contributed by atoms with van der Waals surface area (Å²) >= 11 is 0. The SMILES string of the molecule is CCCN(CC(=O)O)S(=O)(=O)c1ccc2c(c1)OCCCO2. The molecule has 22 heavy (non-hydrogen) atoms. The fourth-order valence-electron chi connectivity index (χ4n) is 2.14. The first-order valence-electron chi connectivity index (χ1n) is 7.06. The first-order valence-corrected chi connectivity index (χ1v) is 8.50. The third-order valence-corrected chi connectivity index (χ3v) is 4.98. The van der Waals surface area contributed by atoms with Crippen molar-refractivity contribution >= 4 is 16.0 Å². The molecular weight excluding hydrogens is 310 g/mol. The first-order chi connectivity index (χ1) is 10.4. The molecule has 0 saturated heterocycles. The van der Waals surface area contributed by atoms with Crippen LogP contribution in [0.3, 0.4) is 0 Å². The van der Waals surface area contributed by atoms with Crippen molar-refractivity contribution in [1.82, 2.24) is 4.31 Å².